The summed E-state index contributed by atoms with van der Waals surface area (Å²) in [5, 5.41) is 11.6. The van der Waals surface area contributed by atoms with E-state index in [1.165, 1.54) is 22.5 Å². The summed E-state index contributed by atoms with van der Waals surface area (Å²) in [6.07, 6.45) is 2.30. The molecule has 1 unspecified atom stereocenters. The Hall–Kier alpha value is -3.91. The molecule has 1 amide bonds. The second-order valence-corrected chi connectivity index (χ2v) is 9.04. The number of Topliss-reactive ketones (excluding diaryl/α,β-unsaturated/α-hetero) is 1. The van der Waals surface area contributed by atoms with Crippen molar-refractivity contribution in [1.29, 1.82) is 0 Å². The maximum absolute atomic E-state index is 13.2. The molecule has 4 aromatic rings. The molecule has 1 saturated heterocycles. The van der Waals surface area contributed by atoms with Gasteiger partial charge in [-0.05, 0) is 55.3 Å². The van der Waals surface area contributed by atoms with Gasteiger partial charge in [-0.3, -0.25) is 14.5 Å². The number of carbonyl (C=O) groups is 2. The van der Waals surface area contributed by atoms with Crippen molar-refractivity contribution in [2.24, 2.45) is 0 Å². The molecule has 7 nitrogen and oxygen atoms in total. The van der Waals surface area contributed by atoms with E-state index >= 15 is 0 Å². The molecule has 2 aromatic carbocycles. The van der Waals surface area contributed by atoms with E-state index in [1.54, 1.807) is 36.4 Å². The van der Waals surface area contributed by atoms with E-state index in [1.807, 2.05) is 32.0 Å². The molecule has 1 fully saturated rings. The van der Waals surface area contributed by atoms with Crippen LogP contribution < -0.4 is 9.64 Å². The van der Waals surface area contributed by atoms with Crippen LogP contribution in [-0.2, 0) is 9.59 Å². The fourth-order valence-corrected chi connectivity index (χ4v) is 5.07. The first-order valence-electron chi connectivity index (χ1n) is 10.9. The molecule has 0 radical (unpaired) electrons. The number of amides is 1. The summed E-state index contributed by atoms with van der Waals surface area (Å²) in [6, 6.07) is 15.0. The lowest BCUT2D eigenvalue weighted by atomic mass is 9.99. The molecular formula is C26H22N2O5S. The quantitative estimate of drug-likeness (QED) is 0.222. The highest BCUT2D eigenvalue weighted by molar-refractivity contribution is 7.22. The van der Waals surface area contributed by atoms with Crippen molar-refractivity contribution < 1.29 is 23.8 Å². The number of carbonyl (C=O) groups excluding carboxylic acids is 2. The molecule has 1 N–H and O–H groups in total. The van der Waals surface area contributed by atoms with Crippen LogP contribution in [0.4, 0.5) is 5.13 Å². The van der Waals surface area contributed by atoms with Crippen molar-refractivity contribution in [3.63, 3.8) is 0 Å². The number of fused-ring (bicyclic) bond motifs is 1. The second kappa shape index (κ2) is 8.79. The van der Waals surface area contributed by atoms with Crippen LogP contribution in [0.1, 0.15) is 36.3 Å². The van der Waals surface area contributed by atoms with Gasteiger partial charge in [-0.1, -0.05) is 36.5 Å². The Labute approximate surface area is 199 Å². The van der Waals surface area contributed by atoms with Crippen LogP contribution in [0.25, 0.3) is 16.0 Å². The van der Waals surface area contributed by atoms with E-state index < -0.39 is 17.7 Å². The Morgan fingerprint density at radius 3 is 2.79 bits per heavy atom. The van der Waals surface area contributed by atoms with Crippen molar-refractivity contribution in [1.82, 2.24) is 4.98 Å². The highest BCUT2D eigenvalue weighted by atomic mass is 32.1. The van der Waals surface area contributed by atoms with E-state index in [0.29, 0.717) is 28.8 Å². The normalized spacial score (nSPS) is 17.6. The van der Waals surface area contributed by atoms with Crippen molar-refractivity contribution in [2.45, 2.75) is 26.3 Å². The van der Waals surface area contributed by atoms with Gasteiger partial charge in [0.05, 0.1) is 28.7 Å². The van der Waals surface area contributed by atoms with Gasteiger partial charge in [-0.2, -0.15) is 0 Å². The van der Waals surface area contributed by atoms with Crippen molar-refractivity contribution in [3.8, 4) is 5.75 Å². The Kier molecular flexibility index (Phi) is 5.67. The first-order chi connectivity index (χ1) is 16.5. The number of aliphatic hydroxyl groups is 1. The number of nitrogens with zero attached hydrogens (tertiary/aromatic N) is 2. The standard InChI is InChI=1S/C26H22N2O5S/c1-3-11-32-17-7-4-6-16(14-17)23(29)21-22(19-8-5-12-33-19)28(25(31)24(21)30)26-27-18-10-9-15(2)13-20(18)34-26/h4-10,12-14,22,29H,3,11H2,1-2H3/b23-21+. The lowest BCUT2D eigenvalue weighted by molar-refractivity contribution is -0.132. The number of ether oxygens (including phenoxy) is 1. The van der Waals surface area contributed by atoms with Crippen molar-refractivity contribution in [3.05, 3.63) is 83.3 Å². The molecule has 0 spiro atoms. The van der Waals surface area contributed by atoms with E-state index in [0.717, 1.165) is 22.2 Å². The van der Waals surface area contributed by atoms with Crippen LogP contribution in [0, 0.1) is 6.92 Å². The van der Waals surface area contributed by atoms with Crippen molar-refractivity contribution in [2.75, 3.05) is 11.5 Å². The SMILES string of the molecule is CCCOc1cccc(/C(O)=C2\C(=O)C(=O)N(c3nc4ccc(C)cc4s3)C2c2ccco2)c1. The summed E-state index contributed by atoms with van der Waals surface area (Å²) in [7, 11) is 0. The number of ketones is 1. The summed E-state index contributed by atoms with van der Waals surface area (Å²) < 4.78 is 12.2. The average molecular weight is 475 g/mol. The van der Waals surface area contributed by atoms with Gasteiger partial charge < -0.3 is 14.3 Å². The summed E-state index contributed by atoms with van der Waals surface area (Å²) in [4.78, 5) is 32.4. The van der Waals surface area contributed by atoms with Gasteiger partial charge in [0.2, 0.25) is 0 Å². The monoisotopic (exact) mass is 474 g/mol. The summed E-state index contributed by atoms with van der Waals surface area (Å²) in [5.74, 6) is -0.932. The third-order valence-electron chi connectivity index (χ3n) is 5.58. The molecular weight excluding hydrogens is 452 g/mol. The van der Waals surface area contributed by atoms with Crippen LogP contribution in [0.2, 0.25) is 0 Å². The van der Waals surface area contributed by atoms with E-state index in [2.05, 4.69) is 4.98 Å². The Morgan fingerprint density at radius 2 is 2.03 bits per heavy atom. The highest BCUT2D eigenvalue weighted by Crippen LogP contribution is 2.44. The van der Waals surface area contributed by atoms with Crippen LogP contribution in [-0.4, -0.2) is 28.4 Å². The molecule has 1 aliphatic heterocycles. The van der Waals surface area contributed by atoms with Gasteiger partial charge in [0.25, 0.3) is 5.78 Å². The predicted octanol–water partition coefficient (Wildman–Crippen LogP) is 5.61. The number of aliphatic hydroxyl groups excluding tert-OH is 1. The van der Waals surface area contributed by atoms with Crippen LogP contribution in [0.3, 0.4) is 0 Å². The minimum atomic E-state index is -0.947. The van der Waals surface area contributed by atoms with E-state index in [9.17, 15) is 14.7 Å². The van der Waals surface area contributed by atoms with Gasteiger partial charge in [-0.15, -0.1) is 0 Å². The van der Waals surface area contributed by atoms with Gasteiger partial charge in [-0.25, -0.2) is 4.98 Å². The molecule has 34 heavy (non-hydrogen) atoms. The number of thiazole rings is 1. The summed E-state index contributed by atoms with van der Waals surface area (Å²) in [6.45, 7) is 4.50. The third-order valence-corrected chi connectivity index (χ3v) is 6.59. The van der Waals surface area contributed by atoms with Gasteiger partial charge in [0, 0.05) is 5.56 Å². The Morgan fingerprint density at radius 1 is 1.18 bits per heavy atom. The van der Waals surface area contributed by atoms with Gasteiger partial charge in [0.15, 0.2) is 5.13 Å². The number of furan rings is 1. The number of aromatic nitrogens is 1. The first kappa shape index (κ1) is 21.9. The molecule has 1 aliphatic rings. The van der Waals surface area contributed by atoms with Gasteiger partial charge in [0.1, 0.15) is 23.3 Å². The molecule has 2 aromatic heterocycles. The number of benzene rings is 2. The summed E-state index contributed by atoms with van der Waals surface area (Å²) in [5.41, 5.74) is 2.12. The fourth-order valence-electron chi connectivity index (χ4n) is 3.98. The number of aryl methyl sites for hydroxylation is 1. The molecule has 172 valence electrons. The lowest BCUT2D eigenvalue weighted by Gasteiger charge is -2.20. The predicted molar refractivity (Wildman–Crippen MR) is 130 cm³/mol. The first-order valence-corrected chi connectivity index (χ1v) is 11.7. The zero-order chi connectivity index (χ0) is 23.8. The van der Waals surface area contributed by atoms with Crippen LogP contribution >= 0.6 is 11.3 Å². The van der Waals surface area contributed by atoms with Crippen LogP contribution in [0.5, 0.6) is 5.75 Å². The zero-order valence-corrected chi connectivity index (χ0v) is 19.5. The molecule has 0 bridgehead atoms. The van der Waals surface area contributed by atoms with Gasteiger partial charge >= 0.3 is 5.91 Å². The molecule has 0 aliphatic carbocycles. The molecule has 0 saturated carbocycles. The molecule has 3 heterocycles. The number of hydrogen-bond donors (Lipinski definition) is 1. The summed E-state index contributed by atoms with van der Waals surface area (Å²) >= 11 is 1.31. The number of rotatable bonds is 6. The minimum Gasteiger partial charge on any atom is -0.507 e. The second-order valence-electron chi connectivity index (χ2n) is 8.03. The highest BCUT2D eigenvalue weighted by Gasteiger charge is 2.49. The Balaban J connectivity index is 1.65. The molecule has 5 rings (SSSR count). The number of hydrogen-bond acceptors (Lipinski definition) is 7. The van der Waals surface area contributed by atoms with E-state index in [-0.39, 0.29) is 11.3 Å². The third kappa shape index (κ3) is 3.76. The molecule has 1 atom stereocenters. The maximum atomic E-state index is 13.2. The lowest BCUT2D eigenvalue weighted by Crippen LogP contribution is -2.29. The van der Waals surface area contributed by atoms with Crippen LogP contribution in [0.15, 0.2) is 70.9 Å². The molecule has 8 heteroatoms. The smallest absolute Gasteiger partial charge is 0.302 e. The average Bonchev–Trinajstić information content (AvgIpc) is 3.56. The topological polar surface area (TPSA) is 92.9 Å². The largest absolute Gasteiger partial charge is 0.507 e. The van der Waals surface area contributed by atoms with Crippen molar-refractivity contribution >= 4 is 44.1 Å². The maximum Gasteiger partial charge on any atom is 0.302 e. The minimum absolute atomic E-state index is 0.0528. The Bertz CT molecular complexity index is 1420. The fraction of sp³-hybridized carbons (Fsp3) is 0.192. The zero-order valence-electron chi connectivity index (χ0n) is 18.6. The van der Waals surface area contributed by atoms with E-state index in [4.69, 9.17) is 9.15 Å². The number of anilines is 1.